The SMILES string of the molecule is Cc1cccc2c1CC(N1CCC3(CC1)C1C(=O)N(C)C(=O)C1CN3c1ccccc1)C2. The number of piperidine rings is 1. The highest BCUT2D eigenvalue weighted by Crippen LogP contribution is 2.51. The van der Waals surface area contributed by atoms with Crippen LogP contribution in [-0.4, -0.2) is 59.9 Å². The highest BCUT2D eigenvalue weighted by molar-refractivity contribution is 6.07. The van der Waals surface area contributed by atoms with E-state index in [0.717, 1.165) is 44.5 Å². The average Bonchev–Trinajstić information content (AvgIpc) is 3.45. The van der Waals surface area contributed by atoms with E-state index in [1.165, 1.54) is 21.6 Å². The van der Waals surface area contributed by atoms with Crippen LogP contribution >= 0.6 is 0 Å². The normalized spacial score (nSPS) is 29.1. The Morgan fingerprint density at radius 1 is 0.906 bits per heavy atom. The molecule has 3 saturated heterocycles. The minimum Gasteiger partial charge on any atom is -0.364 e. The first-order chi connectivity index (χ1) is 15.5. The molecular weight excluding hydrogens is 398 g/mol. The topological polar surface area (TPSA) is 43.9 Å². The summed E-state index contributed by atoms with van der Waals surface area (Å²) in [6.45, 7) is 4.84. The largest absolute Gasteiger partial charge is 0.364 e. The average molecular weight is 430 g/mol. The number of rotatable bonds is 2. The summed E-state index contributed by atoms with van der Waals surface area (Å²) >= 11 is 0. The van der Waals surface area contributed by atoms with Gasteiger partial charge in [-0.15, -0.1) is 0 Å². The lowest BCUT2D eigenvalue weighted by atomic mass is 9.74. The Morgan fingerprint density at radius 2 is 1.66 bits per heavy atom. The number of carbonyl (C=O) groups is 2. The molecule has 1 spiro atoms. The van der Waals surface area contributed by atoms with Crippen molar-refractivity contribution in [2.45, 2.75) is 44.2 Å². The fraction of sp³-hybridized carbons (Fsp3) is 0.481. The molecule has 3 atom stereocenters. The van der Waals surface area contributed by atoms with Crippen LogP contribution in [0.5, 0.6) is 0 Å². The Kier molecular flexibility index (Phi) is 4.48. The van der Waals surface area contributed by atoms with Gasteiger partial charge in [-0.05, 0) is 61.4 Å². The third-order valence-electron chi connectivity index (χ3n) is 8.79. The summed E-state index contributed by atoms with van der Waals surface area (Å²) in [4.78, 5) is 32.6. The molecule has 166 valence electrons. The molecule has 32 heavy (non-hydrogen) atoms. The number of benzene rings is 2. The zero-order chi connectivity index (χ0) is 22.0. The molecule has 3 aliphatic heterocycles. The van der Waals surface area contributed by atoms with Gasteiger partial charge in [-0.2, -0.15) is 0 Å². The number of hydrogen-bond acceptors (Lipinski definition) is 4. The minimum absolute atomic E-state index is 0.00181. The fourth-order valence-corrected chi connectivity index (χ4v) is 7.11. The first kappa shape index (κ1) is 20.0. The maximum Gasteiger partial charge on any atom is 0.235 e. The van der Waals surface area contributed by atoms with Crippen LogP contribution in [0, 0.1) is 18.8 Å². The van der Waals surface area contributed by atoms with Crippen molar-refractivity contribution in [1.29, 1.82) is 0 Å². The lowest BCUT2D eigenvalue weighted by molar-refractivity contribution is -0.139. The van der Waals surface area contributed by atoms with Crippen molar-refractivity contribution in [1.82, 2.24) is 9.80 Å². The van der Waals surface area contributed by atoms with Crippen LogP contribution in [0.25, 0.3) is 0 Å². The fourth-order valence-electron chi connectivity index (χ4n) is 7.11. The third-order valence-corrected chi connectivity index (χ3v) is 8.79. The summed E-state index contributed by atoms with van der Waals surface area (Å²) < 4.78 is 0. The number of nitrogens with zero attached hydrogens (tertiary/aromatic N) is 3. The quantitative estimate of drug-likeness (QED) is 0.689. The number of anilines is 1. The van der Waals surface area contributed by atoms with Gasteiger partial charge in [0.05, 0.1) is 17.4 Å². The van der Waals surface area contributed by atoms with Gasteiger partial charge in [0.2, 0.25) is 11.8 Å². The van der Waals surface area contributed by atoms with Crippen molar-refractivity contribution in [2.24, 2.45) is 11.8 Å². The monoisotopic (exact) mass is 429 g/mol. The molecule has 3 heterocycles. The molecule has 3 fully saturated rings. The maximum atomic E-state index is 13.2. The first-order valence-electron chi connectivity index (χ1n) is 11.9. The summed E-state index contributed by atoms with van der Waals surface area (Å²) in [5, 5.41) is 0. The van der Waals surface area contributed by atoms with E-state index in [-0.39, 0.29) is 29.2 Å². The van der Waals surface area contributed by atoms with E-state index < -0.39 is 0 Å². The molecule has 0 saturated carbocycles. The van der Waals surface area contributed by atoms with E-state index >= 15 is 0 Å². The zero-order valence-corrected chi connectivity index (χ0v) is 19.0. The van der Waals surface area contributed by atoms with E-state index in [0.29, 0.717) is 12.6 Å². The van der Waals surface area contributed by atoms with Gasteiger partial charge in [0, 0.05) is 38.4 Å². The summed E-state index contributed by atoms with van der Waals surface area (Å²) in [6, 6.07) is 17.6. The molecule has 0 aromatic heterocycles. The third kappa shape index (κ3) is 2.73. The second kappa shape index (κ2) is 7.17. The van der Waals surface area contributed by atoms with Crippen LogP contribution in [0.1, 0.15) is 29.5 Å². The van der Waals surface area contributed by atoms with Gasteiger partial charge in [-0.3, -0.25) is 19.4 Å². The number of amides is 2. The second-order valence-electron chi connectivity index (χ2n) is 10.2. The number of likely N-dealkylation sites (tertiary alicyclic amines) is 2. The first-order valence-corrected chi connectivity index (χ1v) is 11.9. The van der Waals surface area contributed by atoms with Crippen molar-refractivity contribution >= 4 is 17.5 Å². The summed E-state index contributed by atoms with van der Waals surface area (Å²) in [7, 11) is 1.66. The lowest BCUT2D eigenvalue weighted by Gasteiger charge is -2.49. The Hall–Kier alpha value is -2.66. The molecule has 6 rings (SSSR count). The lowest BCUT2D eigenvalue weighted by Crippen LogP contribution is -2.59. The number of fused-ring (bicyclic) bond motifs is 3. The van der Waals surface area contributed by atoms with Gasteiger partial charge >= 0.3 is 0 Å². The smallest absolute Gasteiger partial charge is 0.235 e. The van der Waals surface area contributed by atoms with Crippen molar-refractivity contribution in [3.63, 3.8) is 0 Å². The van der Waals surface area contributed by atoms with Gasteiger partial charge in [0.1, 0.15) is 0 Å². The zero-order valence-electron chi connectivity index (χ0n) is 19.0. The van der Waals surface area contributed by atoms with Gasteiger partial charge in [0.15, 0.2) is 0 Å². The van der Waals surface area contributed by atoms with Crippen molar-refractivity contribution in [3.05, 3.63) is 65.2 Å². The molecule has 2 amide bonds. The van der Waals surface area contributed by atoms with E-state index in [9.17, 15) is 9.59 Å². The van der Waals surface area contributed by atoms with Crippen LogP contribution in [0.15, 0.2) is 48.5 Å². The van der Waals surface area contributed by atoms with Crippen LogP contribution in [0.2, 0.25) is 0 Å². The predicted molar refractivity (Wildman–Crippen MR) is 124 cm³/mol. The summed E-state index contributed by atoms with van der Waals surface area (Å²) in [6.07, 6.45) is 4.12. The van der Waals surface area contributed by atoms with E-state index in [1.54, 1.807) is 7.05 Å². The highest BCUT2D eigenvalue weighted by atomic mass is 16.2. The molecule has 0 N–H and O–H groups in total. The molecule has 0 radical (unpaired) electrons. The van der Waals surface area contributed by atoms with Crippen LogP contribution in [-0.2, 0) is 22.4 Å². The second-order valence-corrected chi connectivity index (χ2v) is 10.2. The Bertz CT molecular complexity index is 1070. The van der Waals surface area contributed by atoms with Crippen LogP contribution < -0.4 is 4.90 Å². The predicted octanol–water partition coefficient (Wildman–Crippen LogP) is 3.05. The van der Waals surface area contributed by atoms with Gasteiger partial charge in [0.25, 0.3) is 0 Å². The molecule has 5 nitrogen and oxygen atoms in total. The van der Waals surface area contributed by atoms with Gasteiger partial charge in [-0.1, -0.05) is 36.4 Å². The van der Waals surface area contributed by atoms with Crippen molar-refractivity contribution in [2.75, 3.05) is 31.6 Å². The maximum absolute atomic E-state index is 13.2. The van der Waals surface area contributed by atoms with Crippen LogP contribution in [0.3, 0.4) is 0 Å². The standard InChI is InChI=1S/C27H31N3O2/c1-18-7-6-8-19-15-21(16-22(18)19)29-13-11-27(12-14-29)24-23(25(31)28(2)26(24)32)17-30(27)20-9-4-3-5-10-20/h3-10,21,23-24H,11-17H2,1-2H3. The molecule has 3 unspecified atom stereocenters. The van der Waals surface area contributed by atoms with Crippen molar-refractivity contribution < 1.29 is 9.59 Å². The molecule has 2 aromatic rings. The summed E-state index contributed by atoms with van der Waals surface area (Å²) in [5.41, 5.74) is 5.32. The minimum atomic E-state index is -0.263. The molecule has 2 aromatic carbocycles. The summed E-state index contributed by atoms with van der Waals surface area (Å²) in [5.74, 6) is -0.402. The van der Waals surface area contributed by atoms with Gasteiger partial charge < -0.3 is 4.90 Å². The van der Waals surface area contributed by atoms with E-state index in [2.05, 4.69) is 59.2 Å². The Morgan fingerprint density at radius 3 is 2.38 bits per heavy atom. The molecule has 4 aliphatic rings. The van der Waals surface area contributed by atoms with E-state index in [1.807, 2.05) is 6.07 Å². The number of imide groups is 1. The highest BCUT2D eigenvalue weighted by Gasteiger charge is 2.64. The number of hydrogen-bond donors (Lipinski definition) is 0. The molecule has 1 aliphatic carbocycles. The molecule has 5 heteroatoms. The Balaban J connectivity index is 1.28. The number of para-hydroxylation sites is 1. The number of carbonyl (C=O) groups excluding carboxylic acids is 2. The molecular formula is C27H31N3O2. The van der Waals surface area contributed by atoms with Gasteiger partial charge in [-0.25, -0.2) is 0 Å². The molecule has 0 bridgehead atoms. The van der Waals surface area contributed by atoms with Crippen LogP contribution in [0.4, 0.5) is 5.69 Å². The van der Waals surface area contributed by atoms with E-state index in [4.69, 9.17) is 0 Å². The van der Waals surface area contributed by atoms with Crippen molar-refractivity contribution in [3.8, 4) is 0 Å². The number of aryl methyl sites for hydroxylation is 1. The Labute approximate surface area is 190 Å².